The van der Waals surface area contributed by atoms with Gasteiger partial charge in [-0.1, -0.05) is 66.7 Å². The maximum Gasteiger partial charge on any atom is 0.0723 e. The molecule has 0 saturated carbocycles. The van der Waals surface area contributed by atoms with Gasteiger partial charge >= 0.3 is 0 Å². The normalized spacial score (nSPS) is 11.7. The number of para-hydroxylation sites is 1. The third kappa shape index (κ3) is 2.20. The maximum atomic E-state index is 5.01. The second kappa shape index (κ2) is 5.63. The molecule has 0 bridgehead atoms. The van der Waals surface area contributed by atoms with Gasteiger partial charge in [-0.05, 0) is 29.8 Å². The van der Waals surface area contributed by atoms with E-state index in [4.69, 9.17) is 4.98 Å². The molecule has 0 spiro atoms. The molecule has 126 valence electrons. The van der Waals surface area contributed by atoms with Gasteiger partial charge in [0.25, 0.3) is 0 Å². The summed E-state index contributed by atoms with van der Waals surface area (Å²) in [5.41, 5.74) is 4.61. The van der Waals surface area contributed by atoms with Crippen LogP contribution in [0.5, 0.6) is 0 Å². The first kappa shape index (κ1) is 14.9. The average Bonchev–Trinajstić information content (AvgIpc) is 3.12. The van der Waals surface area contributed by atoms with Crippen molar-refractivity contribution in [3.63, 3.8) is 0 Å². The van der Waals surface area contributed by atoms with Crippen molar-refractivity contribution in [3.8, 4) is 11.1 Å². The summed E-state index contributed by atoms with van der Waals surface area (Å²) in [5.74, 6) is 0. The van der Waals surface area contributed by atoms with E-state index in [9.17, 15) is 0 Å². The number of thiophene rings is 1. The SMILES string of the molecule is c1ccc(-c2cc3nc4ccccc4cc3c3c2sc2ccccc23)cc1. The Bertz CT molecular complexity index is 1460. The Hall–Kier alpha value is -3.23. The first-order chi connectivity index (χ1) is 13.4. The summed E-state index contributed by atoms with van der Waals surface area (Å²) >= 11 is 1.88. The minimum Gasteiger partial charge on any atom is -0.248 e. The largest absolute Gasteiger partial charge is 0.248 e. The lowest BCUT2D eigenvalue weighted by atomic mass is 9.98. The molecule has 0 unspecified atom stereocenters. The summed E-state index contributed by atoms with van der Waals surface area (Å²) < 4.78 is 2.66. The zero-order valence-electron chi connectivity index (χ0n) is 14.5. The van der Waals surface area contributed by atoms with Crippen molar-refractivity contribution in [3.05, 3.63) is 91.0 Å². The van der Waals surface area contributed by atoms with Crippen LogP contribution in [0.4, 0.5) is 0 Å². The van der Waals surface area contributed by atoms with E-state index < -0.39 is 0 Å². The third-order valence-electron chi connectivity index (χ3n) is 5.23. The summed E-state index contributed by atoms with van der Waals surface area (Å²) in [5, 5.41) is 5.07. The van der Waals surface area contributed by atoms with Gasteiger partial charge in [0, 0.05) is 36.5 Å². The average molecular weight is 361 g/mol. The number of nitrogens with zero attached hydrogens (tertiary/aromatic N) is 1. The van der Waals surface area contributed by atoms with E-state index in [0.717, 1.165) is 11.0 Å². The van der Waals surface area contributed by atoms with Crippen molar-refractivity contribution in [2.75, 3.05) is 0 Å². The summed E-state index contributed by atoms with van der Waals surface area (Å²) in [6.07, 6.45) is 0. The van der Waals surface area contributed by atoms with Crippen LogP contribution in [0.25, 0.3) is 53.1 Å². The zero-order chi connectivity index (χ0) is 17.8. The van der Waals surface area contributed by atoms with Crippen molar-refractivity contribution in [1.29, 1.82) is 0 Å². The van der Waals surface area contributed by atoms with Gasteiger partial charge in [0.1, 0.15) is 0 Å². The van der Waals surface area contributed by atoms with E-state index in [2.05, 4.69) is 91.0 Å². The number of fused-ring (bicyclic) bond motifs is 6. The lowest BCUT2D eigenvalue weighted by Crippen LogP contribution is -1.86. The van der Waals surface area contributed by atoms with Gasteiger partial charge in [-0.3, -0.25) is 0 Å². The van der Waals surface area contributed by atoms with Crippen molar-refractivity contribution < 1.29 is 0 Å². The molecule has 2 aromatic heterocycles. The second-order valence-electron chi connectivity index (χ2n) is 6.84. The highest BCUT2D eigenvalue weighted by atomic mass is 32.1. The van der Waals surface area contributed by atoms with Crippen LogP contribution in [0.3, 0.4) is 0 Å². The molecule has 2 heteroatoms. The molecule has 0 radical (unpaired) electrons. The summed E-state index contributed by atoms with van der Waals surface area (Å²) in [6.45, 7) is 0. The smallest absolute Gasteiger partial charge is 0.0723 e. The quantitative estimate of drug-likeness (QED) is 0.278. The molecular formula is C25H15NS. The molecule has 6 aromatic rings. The minimum atomic E-state index is 1.04. The van der Waals surface area contributed by atoms with Gasteiger partial charge in [0.05, 0.1) is 11.0 Å². The van der Waals surface area contributed by atoms with Crippen molar-refractivity contribution >= 4 is 53.3 Å². The highest BCUT2D eigenvalue weighted by Gasteiger charge is 2.15. The fourth-order valence-electron chi connectivity index (χ4n) is 3.98. The van der Waals surface area contributed by atoms with Crippen LogP contribution in [-0.4, -0.2) is 4.98 Å². The van der Waals surface area contributed by atoms with Crippen molar-refractivity contribution in [2.24, 2.45) is 0 Å². The van der Waals surface area contributed by atoms with E-state index >= 15 is 0 Å². The van der Waals surface area contributed by atoms with E-state index in [1.54, 1.807) is 0 Å². The molecule has 0 fully saturated rings. The van der Waals surface area contributed by atoms with E-state index in [1.807, 2.05) is 11.3 Å². The molecular weight excluding hydrogens is 346 g/mol. The predicted octanol–water partition coefficient (Wildman–Crippen LogP) is 7.42. The van der Waals surface area contributed by atoms with Gasteiger partial charge in [-0.25, -0.2) is 4.98 Å². The highest BCUT2D eigenvalue weighted by Crippen LogP contribution is 2.44. The summed E-state index contributed by atoms with van der Waals surface area (Å²) in [4.78, 5) is 5.01. The topological polar surface area (TPSA) is 12.9 Å². The molecule has 2 heterocycles. The van der Waals surface area contributed by atoms with Crippen LogP contribution < -0.4 is 0 Å². The summed E-state index contributed by atoms with van der Waals surface area (Å²) in [7, 11) is 0. The minimum absolute atomic E-state index is 1.04. The van der Waals surface area contributed by atoms with Crippen molar-refractivity contribution in [1.82, 2.24) is 4.98 Å². The van der Waals surface area contributed by atoms with Crippen LogP contribution in [0.15, 0.2) is 91.0 Å². The second-order valence-corrected chi connectivity index (χ2v) is 7.89. The maximum absolute atomic E-state index is 5.01. The molecule has 0 N–H and O–H groups in total. The molecule has 0 amide bonds. The molecule has 0 aliphatic heterocycles. The van der Waals surface area contributed by atoms with Gasteiger partial charge in [-0.15, -0.1) is 11.3 Å². The third-order valence-corrected chi connectivity index (χ3v) is 6.43. The Kier molecular flexibility index (Phi) is 3.11. The number of hydrogen-bond donors (Lipinski definition) is 0. The first-order valence-corrected chi connectivity index (χ1v) is 9.89. The monoisotopic (exact) mass is 361 g/mol. The number of hydrogen-bond acceptors (Lipinski definition) is 2. The van der Waals surface area contributed by atoms with E-state index in [0.29, 0.717) is 0 Å². The van der Waals surface area contributed by atoms with Gasteiger partial charge < -0.3 is 0 Å². The zero-order valence-corrected chi connectivity index (χ0v) is 15.3. The Morgan fingerprint density at radius 2 is 1.41 bits per heavy atom. The molecule has 6 rings (SSSR count). The molecule has 0 aliphatic rings. The van der Waals surface area contributed by atoms with Crippen molar-refractivity contribution in [2.45, 2.75) is 0 Å². The van der Waals surface area contributed by atoms with Gasteiger partial charge in [-0.2, -0.15) is 0 Å². The molecule has 0 saturated heterocycles. The van der Waals surface area contributed by atoms with Gasteiger partial charge in [0.2, 0.25) is 0 Å². The van der Waals surface area contributed by atoms with Gasteiger partial charge in [0.15, 0.2) is 0 Å². The molecule has 0 aliphatic carbocycles. The fraction of sp³-hybridized carbons (Fsp3) is 0. The Balaban J connectivity index is 1.88. The lowest BCUT2D eigenvalue weighted by Gasteiger charge is -2.09. The van der Waals surface area contributed by atoms with Crippen LogP contribution in [0.1, 0.15) is 0 Å². The van der Waals surface area contributed by atoms with E-state index in [1.165, 1.54) is 42.1 Å². The predicted molar refractivity (Wildman–Crippen MR) is 118 cm³/mol. The van der Waals surface area contributed by atoms with E-state index in [-0.39, 0.29) is 0 Å². The number of aromatic nitrogens is 1. The molecule has 27 heavy (non-hydrogen) atoms. The fourth-order valence-corrected chi connectivity index (χ4v) is 5.23. The highest BCUT2D eigenvalue weighted by molar-refractivity contribution is 7.26. The summed E-state index contributed by atoms with van der Waals surface area (Å²) in [6, 6.07) is 32.3. The first-order valence-electron chi connectivity index (χ1n) is 9.08. The van der Waals surface area contributed by atoms with Crippen LogP contribution in [-0.2, 0) is 0 Å². The molecule has 0 atom stereocenters. The van der Waals surface area contributed by atoms with Crippen LogP contribution in [0.2, 0.25) is 0 Å². The standard InChI is InChI=1S/C25H15NS/c1-2-8-16(9-3-1)19-15-22-20(14-17-10-4-6-12-21(17)26-22)24-18-11-5-7-13-23(18)27-25(19)24/h1-15H. The number of rotatable bonds is 1. The molecule has 1 nitrogen and oxygen atoms in total. The number of benzene rings is 4. The molecule has 4 aromatic carbocycles. The van der Waals surface area contributed by atoms with Crippen LogP contribution in [0, 0.1) is 0 Å². The Morgan fingerprint density at radius 1 is 0.630 bits per heavy atom. The number of pyridine rings is 1. The Labute approximate surface area is 160 Å². The van der Waals surface area contributed by atoms with Crippen LogP contribution >= 0.6 is 11.3 Å². The Morgan fingerprint density at radius 3 is 2.33 bits per heavy atom. The lowest BCUT2D eigenvalue weighted by molar-refractivity contribution is 1.51.